The summed E-state index contributed by atoms with van der Waals surface area (Å²) in [5.74, 6) is 1.30. The lowest BCUT2D eigenvalue weighted by molar-refractivity contribution is -0.134. The van der Waals surface area contributed by atoms with Gasteiger partial charge in [-0.15, -0.1) is 0 Å². The van der Waals surface area contributed by atoms with Gasteiger partial charge in [-0.2, -0.15) is 5.10 Å². The number of nitrogens with zero attached hydrogens (tertiary/aromatic N) is 2. The minimum Gasteiger partial charge on any atom is -0.342 e. The standard InChI is InChI=1S/C16H24N4O/c21-15(13-11-16(13)4-7-17-8-5-16)20-9-2-12(3-10-20)14-1-6-18-19-14/h1,6,12-13,17H,2-5,7-11H2,(H,18,19). The predicted octanol–water partition coefficient (Wildman–Crippen LogP) is 1.51. The molecule has 1 unspecified atom stereocenters. The van der Waals surface area contributed by atoms with Crippen molar-refractivity contribution in [1.29, 1.82) is 0 Å². The topological polar surface area (TPSA) is 61.0 Å². The summed E-state index contributed by atoms with van der Waals surface area (Å²) in [6, 6.07) is 2.06. The molecule has 3 aliphatic rings. The number of rotatable bonds is 2. The number of piperidine rings is 2. The van der Waals surface area contributed by atoms with Gasteiger partial charge in [-0.1, -0.05) is 0 Å². The van der Waals surface area contributed by atoms with Crippen molar-refractivity contribution in [2.75, 3.05) is 26.2 Å². The van der Waals surface area contributed by atoms with Gasteiger partial charge < -0.3 is 10.2 Å². The average Bonchev–Trinajstić information content (AvgIpc) is 2.99. The summed E-state index contributed by atoms with van der Waals surface area (Å²) in [5.41, 5.74) is 1.59. The summed E-state index contributed by atoms with van der Waals surface area (Å²) in [4.78, 5) is 14.8. The number of likely N-dealkylation sites (tertiary alicyclic amines) is 1. The lowest BCUT2D eigenvalue weighted by atomic mass is 9.90. The maximum atomic E-state index is 12.7. The summed E-state index contributed by atoms with van der Waals surface area (Å²) < 4.78 is 0. The van der Waals surface area contributed by atoms with Crippen molar-refractivity contribution in [3.8, 4) is 0 Å². The largest absolute Gasteiger partial charge is 0.342 e. The van der Waals surface area contributed by atoms with E-state index in [1.54, 1.807) is 0 Å². The van der Waals surface area contributed by atoms with Gasteiger partial charge in [0.15, 0.2) is 0 Å². The van der Waals surface area contributed by atoms with Crippen LogP contribution < -0.4 is 5.32 Å². The number of amides is 1. The monoisotopic (exact) mass is 288 g/mol. The normalized spacial score (nSPS) is 28.8. The van der Waals surface area contributed by atoms with Crippen LogP contribution in [0.4, 0.5) is 0 Å². The molecule has 3 heterocycles. The fourth-order valence-corrected chi connectivity index (χ4v) is 4.30. The van der Waals surface area contributed by atoms with E-state index in [1.807, 2.05) is 6.20 Å². The molecule has 5 heteroatoms. The Labute approximate surface area is 125 Å². The zero-order chi connectivity index (χ0) is 14.3. The molecule has 0 bridgehead atoms. The Hall–Kier alpha value is -1.36. The molecule has 4 rings (SSSR count). The Kier molecular flexibility index (Phi) is 3.25. The molecule has 0 radical (unpaired) electrons. The Morgan fingerprint density at radius 1 is 1.29 bits per heavy atom. The van der Waals surface area contributed by atoms with Gasteiger partial charge in [-0.05, 0) is 56.7 Å². The van der Waals surface area contributed by atoms with Crippen molar-refractivity contribution >= 4 is 5.91 Å². The van der Waals surface area contributed by atoms with Gasteiger partial charge in [-0.25, -0.2) is 0 Å². The van der Waals surface area contributed by atoms with Crippen LogP contribution in [-0.4, -0.2) is 47.2 Å². The number of nitrogens with one attached hydrogen (secondary N) is 2. The molecule has 1 aliphatic carbocycles. The molecule has 1 saturated carbocycles. The highest BCUT2D eigenvalue weighted by Gasteiger charge is 2.58. The van der Waals surface area contributed by atoms with Crippen LogP contribution in [0.15, 0.2) is 12.3 Å². The fourth-order valence-electron chi connectivity index (χ4n) is 4.30. The van der Waals surface area contributed by atoms with Crippen molar-refractivity contribution in [2.45, 2.75) is 38.0 Å². The van der Waals surface area contributed by atoms with Crippen LogP contribution in [0.5, 0.6) is 0 Å². The molecular weight excluding hydrogens is 264 g/mol. The van der Waals surface area contributed by atoms with Crippen LogP contribution in [0.3, 0.4) is 0 Å². The number of aromatic nitrogens is 2. The second-order valence-electron chi connectivity index (χ2n) is 6.98. The Balaban J connectivity index is 1.33. The molecule has 2 saturated heterocycles. The molecule has 1 amide bonds. The quantitative estimate of drug-likeness (QED) is 0.867. The van der Waals surface area contributed by atoms with Gasteiger partial charge in [0.2, 0.25) is 5.91 Å². The number of aromatic amines is 1. The van der Waals surface area contributed by atoms with E-state index in [0.717, 1.165) is 45.4 Å². The molecule has 3 fully saturated rings. The number of carbonyl (C=O) groups excluding carboxylic acids is 1. The molecule has 1 aromatic rings. The lowest BCUT2D eigenvalue weighted by Gasteiger charge is -2.33. The molecule has 0 aromatic carbocycles. The van der Waals surface area contributed by atoms with Crippen molar-refractivity contribution in [1.82, 2.24) is 20.4 Å². The van der Waals surface area contributed by atoms with Crippen LogP contribution in [0.25, 0.3) is 0 Å². The molecule has 5 nitrogen and oxygen atoms in total. The highest BCUT2D eigenvalue weighted by molar-refractivity contribution is 5.82. The smallest absolute Gasteiger partial charge is 0.226 e. The minimum atomic E-state index is 0.323. The van der Waals surface area contributed by atoms with Crippen molar-refractivity contribution < 1.29 is 4.79 Å². The van der Waals surface area contributed by atoms with Gasteiger partial charge >= 0.3 is 0 Å². The number of H-pyrrole nitrogens is 1. The number of hydrogen-bond acceptors (Lipinski definition) is 3. The van der Waals surface area contributed by atoms with E-state index >= 15 is 0 Å². The number of hydrogen-bond donors (Lipinski definition) is 2. The van der Waals surface area contributed by atoms with Crippen molar-refractivity contribution in [3.05, 3.63) is 18.0 Å². The summed E-state index contributed by atoms with van der Waals surface area (Å²) in [7, 11) is 0. The van der Waals surface area contributed by atoms with Gasteiger partial charge in [0, 0.05) is 36.8 Å². The van der Waals surface area contributed by atoms with Crippen LogP contribution in [-0.2, 0) is 4.79 Å². The maximum absolute atomic E-state index is 12.7. The molecular formula is C16H24N4O. The Morgan fingerprint density at radius 2 is 2.05 bits per heavy atom. The Bertz CT molecular complexity index is 498. The van der Waals surface area contributed by atoms with Gasteiger partial charge in [0.1, 0.15) is 0 Å². The van der Waals surface area contributed by atoms with Crippen molar-refractivity contribution in [3.63, 3.8) is 0 Å². The van der Waals surface area contributed by atoms with Gasteiger partial charge in [0.25, 0.3) is 0 Å². The maximum Gasteiger partial charge on any atom is 0.226 e. The van der Waals surface area contributed by atoms with Crippen LogP contribution in [0.1, 0.15) is 43.7 Å². The van der Waals surface area contributed by atoms with E-state index in [-0.39, 0.29) is 0 Å². The third-order valence-corrected chi connectivity index (χ3v) is 5.86. The summed E-state index contributed by atoms with van der Waals surface area (Å²) in [5, 5.41) is 10.5. The molecule has 1 aromatic heterocycles. The summed E-state index contributed by atoms with van der Waals surface area (Å²) in [6.07, 6.45) is 7.46. The first kappa shape index (κ1) is 13.3. The molecule has 114 valence electrons. The van der Waals surface area contributed by atoms with E-state index in [1.165, 1.54) is 18.5 Å². The van der Waals surface area contributed by atoms with Crippen molar-refractivity contribution in [2.24, 2.45) is 11.3 Å². The zero-order valence-corrected chi connectivity index (χ0v) is 12.5. The van der Waals surface area contributed by atoms with Crippen LogP contribution in [0, 0.1) is 11.3 Å². The third-order valence-electron chi connectivity index (χ3n) is 5.86. The molecule has 1 atom stereocenters. The lowest BCUT2D eigenvalue weighted by Crippen LogP contribution is -2.40. The van der Waals surface area contributed by atoms with E-state index < -0.39 is 0 Å². The van der Waals surface area contributed by atoms with E-state index in [0.29, 0.717) is 23.2 Å². The minimum absolute atomic E-state index is 0.323. The average molecular weight is 288 g/mol. The molecule has 21 heavy (non-hydrogen) atoms. The van der Waals surface area contributed by atoms with Gasteiger partial charge in [0.05, 0.1) is 0 Å². The number of carbonyl (C=O) groups is 1. The molecule has 2 aliphatic heterocycles. The summed E-state index contributed by atoms with van der Waals surface area (Å²) in [6.45, 7) is 4.00. The highest BCUT2D eigenvalue weighted by atomic mass is 16.2. The zero-order valence-electron chi connectivity index (χ0n) is 12.5. The molecule has 1 spiro atoms. The van der Waals surface area contributed by atoms with Crippen LogP contribution in [0.2, 0.25) is 0 Å². The van der Waals surface area contributed by atoms with E-state index in [2.05, 4.69) is 26.5 Å². The van der Waals surface area contributed by atoms with E-state index in [9.17, 15) is 4.79 Å². The SMILES string of the molecule is O=C(C1CC12CCNCC2)N1CCC(c2ccn[nH]2)CC1. The van der Waals surface area contributed by atoms with Gasteiger partial charge in [-0.3, -0.25) is 9.89 Å². The fraction of sp³-hybridized carbons (Fsp3) is 0.750. The molecule has 2 N–H and O–H groups in total. The summed E-state index contributed by atoms with van der Waals surface area (Å²) >= 11 is 0. The highest BCUT2D eigenvalue weighted by Crippen LogP contribution is 2.59. The first-order valence-electron chi connectivity index (χ1n) is 8.27. The van der Waals surface area contributed by atoms with E-state index in [4.69, 9.17) is 0 Å². The third kappa shape index (κ3) is 2.37. The first-order chi connectivity index (χ1) is 10.3. The van der Waals surface area contributed by atoms with Crippen LogP contribution >= 0.6 is 0 Å². The first-order valence-corrected chi connectivity index (χ1v) is 8.27. The second-order valence-corrected chi connectivity index (χ2v) is 6.98. The predicted molar refractivity (Wildman–Crippen MR) is 79.8 cm³/mol. The Morgan fingerprint density at radius 3 is 2.71 bits per heavy atom. The second kappa shape index (κ2) is 5.13.